The van der Waals surface area contributed by atoms with Crippen LogP contribution in [0, 0.1) is 17.8 Å². The number of rotatable bonds is 0. The smallest absolute Gasteiger partial charge is 0.248 e. The standard InChI is InChI=1S/C16H22N2O/c1-10-7-11-8-14-13(4-5-15(19)18-14)16(9-10)12(11)3-2-6-17-16/h4-5,10-12,17H,2-3,6-9H2,1H3,(H,18,19)/t10-,11-,12+,16+/m0/s1. The molecule has 3 aliphatic rings. The maximum Gasteiger partial charge on any atom is 0.248 e. The van der Waals surface area contributed by atoms with Gasteiger partial charge in [0.1, 0.15) is 0 Å². The van der Waals surface area contributed by atoms with Crippen molar-refractivity contribution in [3.8, 4) is 0 Å². The van der Waals surface area contributed by atoms with E-state index in [4.69, 9.17) is 0 Å². The molecule has 2 aliphatic carbocycles. The van der Waals surface area contributed by atoms with Crippen LogP contribution < -0.4 is 10.9 Å². The highest BCUT2D eigenvalue weighted by Gasteiger charge is 2.53. The van der Waals surface area contributed by atoms with Crippen molar-refractivity contribution < 1.29 is 0 Å². The molecule has 0 radical (unpaired) electrons. The number of pyridine rings is 1. The number of aromatic amines is 1. The molecule has 3 nitrogen and oxygen atoms in total. The number of hydrogen-bond acceptors (Lipinski definition) is 2. The molecule has 3 heteroatoms. The predicted octanol–water partition coefficient (Wildman–Crippen LogP) is 2.17. The Labute approximate surface area is 113 Å². The molecule has 1 aliphatic heterocycles. The Hall–Kier alpha value is -1.09. The van der Waals surface area contributed by atoms with Crippen molar-refractivity contribution >= 4 is 0 Å². The van der Waals surface area contributed by atoms with Gasteiger partial charge in [-0.3, -0.25) is 4.79 Å². The van der Waals surface area contributed by atoms with Gasteiger partial charge in [0.2, 0.25) is 5.56 Å². The molecule has 19 heavy (non-hydrogen) atoms. The molecular formula is C16H22N2O. The van der Waals surface area contributed by atoms with Crippen LogP contribution in [-0.2, 0) is 12.0 Å². The van der Waals surface area contributed by atoms with Crippen LogP contribution in [0.25, 0.3) is 0 Å². The molecule has 0 aromatic carbocycles. The van der Waals surface area contributed by atoms with E-state index in [2.05, 4.69) is 23.3 Å². The summed E-state index contributed by atoms with van der Waals surface area (Å²) in [5.74, 6) is 2.31. The van der Waals surface area contributed by atoms with Gasteiger partial charge in [-0.25, -0.2) is 0 Å². The average Bonchev–Trinajstić information content (AvgIpc) is 2.37. The summed E-state index contributed by atoms with van der Waals surface area (Å²) in [6.45, 7) is 3.51. The van der Waals surface area contributed by atoms with E-state index in [1.165, 1.54) is 36.9 Å². The molecule has 0 spiro atoms. The molecule has 2 fully saturated rings. The average molecular weight is 258 g/mol. The van der Waals surface area contributed by atoms with E-state index in [0.29, 0.717) is 0 Å². The quantitative estimate of drug-likeness (QED) is 0.749. The van der Waals surface area contributed by atoms with Crippen LogP contribution in [0.5, 0.6) is 0 Å². The molecule has 1 aromatic rings. The van der Waals surface area contributed by atoms with Crippen LogP contribution in [0.4, 0.5) is 0 Å². The van der Waals surface area contributed by atoms with E-state index in [-0.39, 0.29) is 11.1 Å². The molecule has 4 atom stereocenters. The third kappa shape index (κ3) is 1.57. The highest BCUT2D eigenvalue weighted by Crippen LogP contribution is 2.54. The van der Waals surface area contributed by atoms with Crippen LogP contribution in [0.3, 0.4) is 0 Å². The Kier molecular flexibility index (Phi) is 2.44. The Bertz CT molecular complexity index is 564. The lowest BCUT2D eigenvalue weighted by atomic mass is 9.54. The van der Waals surface area contributed by atoms with E-state index in [1.807, 2.05) is 0 Å². The van der Waals surface area contributed by atoms with Crippen molar-refractivity contribution in [3.63, 3.8) is 0 Å². The number of hydrogen-bond donors (Lipinski definition) is 2. The fourth-order valence-electron chi connectivity index (χ4n) is 5.18. The SMILES string of the molecule is C[C@H]1C[C@H]2Cc3[nH]c(=O)ccc3[C@]3(C1)NCCC[C@H]23. The molecule has 2 bridgehead atoms. The third-order valence-corrected chi connectivity index (χ3v) is 5.66. The van der Waals surface area contributed by atoms with E-state index < -0.39 is 0 Å². The predicted molar refractivity (Wildman–Crippen MR) is 75.1 cm³/mol. The zero-order valence-corrected chi connectivity index (χ0v) is 11.5. The summed E-state index contributed by atoms with van der Waals surface area (Å²) in [5, 5.41) is 3.85. The number of piperidine rings is 1. The summed E-state index contributed by atoms with van der Waals surface area (Å²) >= 11 is 0. The Morgan fingerprint density at radius 3 is 3.16 bits per heavy atom. The first-order valence-corrected chi connectivity index (χ1v) is 7.67. The van der Waals surface area contributed by atoms with E-state index in [1.54, 1.807) is 6.07 Å². The molecule has 2 N–H and O–H groups in total. The Balaban J connectivity index is 1.92. The summed E-state index contributed by atoms with van der Waals surface area (Å²) in [5.41, 5.74) is 2.79. The summed E-state index contributed by atoms with van der Waals surface area (Å²) in [7, 11) is 0. The van der Waals surface area contributed by atoms with Crippen molar-refractivity contribution in [1.82, 2.24) is 10.3 Å². The molecule has 0 amide bonds. The van der Waals surface area contributed by atoms with E-state index in [9.17, 15) is 4.79 Å². The van der Waals surface area contributed by atoms with Gasteiger partial charge >= 0.3 is 0 Å². The highest BCUT2D eigenvalue weighted by atomic mass is 16.1. The van der Waals surface area contributed by atoms with Gasteiger partial charge < -0.3 is 10.3 Å². The number of aromatic nitrogens is 1. The first kappa shape index (κ1) is 11.7. The van der Waals surface area contributed by atoms with Crippen LogP contribution in [0.2, 0.25) is 0 Å². The minimum absolute atomic E-state index is 0.0514. The van der Waals surface area contributed by atoms with Crippen molar-refractivity contribution in [1.29, 1.82) is 0 Å². The monoisotopic (exact) mass is 258 g/mol. The van der Waals surface area contributed by atoms with Crippen molar-refractivity contribution in [3.05, 3.63) is 33.7 Å². The lowest BCUT2D eigenvalue weighted by Crippen LogP contribution is -2.60. The van der Waals surface area contributed by atoms with Gasteiger partial charge in [0.05, 0.1) is 0 Å². The van der Waals surface area contributed by atoms with Gasteiger partial charge in [0.25, 0.3) is 0 Å². The second-order valence-electron chi connectivity index (χ2n) is 6.87. The van der Waals surface area contributed by atoms with Crippen molar-refractivity contribution in [2.45, 2.75) is 44.6 Å². The Morgan fingerprint density at radius 1 is 1.37 bits per heavy atom. The molecule has 2 heterocycles. The van der Waals surface area contributed by atoms with Gasteiger partial charge in [-0.2, -0.15) is 0 Å². The van der Waals surface area contributed by atoms with E-state index >= 15 is 0 Å². The zero-order chi connectivity index (χ0) is 13.0. The third-order valence-electron chi connectivity index (χ3n) is 5.66. The first-order valence-electron chi connectivity index (χ1n) is 7.67. The normalized spacial score (nSPS) is 40.4. The topological polar surface area (TPSA) is 44.9 Å². The van der Waals surface area contributed by atoms with Gasteiger partial charge in [-0.1, -0.05) is 6.92 Å². The maximum absolute atomic E-state index is 11.6. The fourth-order valence-corrected chi connectivity index (χ4v) is 5.18. The van der Waals surface area contributed by atoms with Gasteiger partial charge in [0.15, 0.2) is 0 Å². The molecule has 0 unspecified atom stereocenters. The number of H-pyrrole nitrogens is 1. The number of fused-ring (bicyclic) bond motifs is 1. The zero-order valence-electron chi connectivity index (χ0n) is 11.5. The van der Waals surface area contributed by atoms with Gasteiger partial charge in [-0.15, -0.1) is 0 Å². The summed E-state index contributed by atoms with van der Waals surface area (Å²) < 4.78 is 0. The molecule has 102 valence electrons. The van der Waals surface area contributed by atoms with Crippen molar-refractivity contribution in [2.24, 2.45) is 17.8 Å². The molecule has 1 saturated heterocycles. The minimum atomic E-state index is 0.0514. The van der Waals surface area contributed by atoms with Crippen LogP contribution in [0.15, 0.2) is 16.9 Å². The first-order chi connectivity index (χ1) is 9.19. The van der Waals surface area contributed by atoms with E-state index in [0.717, 1.165) is 30.7 Å². The molecule has 1 saturated carbocycles. The largest absolute Gasteiger partial charge is 0.326 e. The summed E-state index contributed by atoms with van der Waals surface area (Å²) in [6.07, 6.45) is 6.28. The van der Waals surface area contributed by atoms with Crippen LogP contribution >= 0.6 is 0 Å². The minimum Gasteiger partial charge on any atom is -0.326 e. The molecule has 1 aromatic heterocycles. The lowest BCUT2D eigenvalue weighted by molar-refractivity contribution is 0.00797. The Morgan fingerprint density at radius 2 is 2.26 bits per heavy atom. The molecule has 4 rings (SSSR count). The van der Waals surface area contributed by atoms with Gasteiger partial charge in [0, 0.05) is 17.3 Å². The van der Waals surface area contributed by atoms with Crippen LogP contribution in [0.1, 0.15) is 43.9 Å². The second kappa shape index (κ2) is 3.95. The lowest BCUT2D eigenvalue weighted by Gasteiger charge is -2.57. The highest BCUT2D eigenvalue weighted by molar-refractivity contribution is 5.35. The van der Waals surface area contributed by atoms with Crippen molar-refractivity contribution in [2.75, 3.05) is 6.54 Å². The summed E-state index contributed by atoms with van der Waals surface area (Å²) in [4.78, 5) is 14.7. The molecular weight excluding hydrogens is 236 g/mol. The van der Waals surface area contributed by atoms with Gasteiger partial charge in [-0.05, 0) is 68.0 Å². The fraction of sp³-hybridized carbons (Fsp3) is 0.688. The summed E-state index contributed by atoms with van der Waals surface area (Å²) in [6, 6.07) is 3.80. The number of nitrogens with one attached hydrogen (secondary N) is 2. The maximum atomic E-state index is 11.6. The van der Waals surface area contributed by atoms with Crippen LogP contribution in [-0.4, -0.2) is 11.5 Å². The second-order valence-corrected chi connectivity index (χ2v) is 6.87.